The van der Waals surface area contributed by atoms with Crippen molar-refractivity contribution in [1.29, 1.82) is 5.26 Å². The van der Waals surface area contributed by atoms with Crippen molar-refractivity contribution < 1.29 is 0 Å². The van der Waals surface area contributed by atoms with Crippen LogP contribution in [0.4, 0.5) is 5.69 Å². The average Bonchev–Trinajstić information content (AvgIpc) is 2.39. The largest absolute Gasteiger partial charge is 0.370 e. The molecule has 1 fully saturated rings. The van der Waals surface area contributed by atoms with Crippen LogP contribution in [-0.4, -0.2) is 6.04 Å². The van der Waals surface area contributed by atoms with Crippen molar-refractivity contribution in [1.82, 2.24) is 0 Å². The zero-order chi connectivity index (χ0) is 12.1. The van der Waals surface area contributed by atoms with Gasteiger partial charge < -0.3 is 5.32 Å². The number of nitrogens with zero attached hydrogens (tertiary/aromatic N) is 1. The van der Waals surface area contributed by atoms with Crippen molar-refractivity contribution in [3.8, 4) is 6.07 Å². The van der Waals surface area contributed by atoms with E-state index in [2.05, 4.69) is 27.3 Å². The van der Waals surface area contributed by atoms with Crippen LogP contribution < -0.4 is 5.32 Å². The zero-order valence-electron chi connectivity index (χ0n) is 9.82. The fourth-order valence-electron chi connectivity index (χ4n) is 2.45. The van der Waals surface area contributed by atoms with E-state index in [0.29, 0.717) is 5.92 Å². The SMILES string of the molecule is N#CC(Nc1ccc(Br)cc1)C1CCCCC1. The molecule has 0 amide bonds. The van der Waals surface area contributed by atoms with Gasteiger partial charge in [-0.1, -0.05) is 35.2 Å². The second kappa shape index (κ2) is 6.07. The van der Waals surface area contributed by atoms with Gasteiger partial charge >= 0.3 is 0 Å². The van der Waals surface area contributed by atoms with Gasteiger partial charge in [0.15, 0.2) is 0 Å². The lowest BCUT2D eigenvalue weighted by molar-refractivity contribution is 0.346. The van der Waals surface area contributed by atoms with Crippen molar-refractivity contribution >= 4 is 21.6 Å². The molecular weight excluding hydrogens is 276 g/mol. The van der Waals surface area contributed by atoms with Gasteiger partial charge in [0, 0.05) is 10.2 Å². The number of nitrogens with one attached hydrogen (secondary N) is 1. The zero-order valence-corrected chi connectivity index (χ0v) is 11.4. The molecular formula is C14H17BrN2. The van der Waals surface area contributed by atoms with Gasteiger partial charge in [0.2, 0.25) is 0 Å². The van der Waals surface area contributed by atoms with E-state index in [1.54, 1.807) is 0 Å². The van der Waals surface area contributed by atoms with Crippen molar-refractivity contribution in [2.45, 2.75) is 38.1 Å². The van der Waals surface area contributed by atoms with Gasteiger partial charge in [-0.3, -0.25) is 0 Å². The highest BCUT2D eigenvalue weighted by Gasteiger charge is 2.23. The molecule has 0 aromatic heterocycles. The molecule has 1 N–H and O–H groups in total. The Morgan fingerprint density at radius 3 is 2.41 bits per heavy atom. The quantitative estimate of drug-likeness (QED) is 0.900. The first-order valence-corrected chi connectivity index (χ1v) is 7.00. The first kappa shape index (κ1) is 12.4. The highest BCUT2D eigenvalue weighted by atomic mass is 79.9. The maximum atomic E-state index is 9.27. The summed E-state index contributed by atoms with van der Waals surface area (Å²) >= 11 is 3.41. The van der Waals surface area contributed by atoms with Crippen LogP contribution in [0, 0.1) is 17.2 Å². The number of nitriles is 1. The molecule has 17 heavy (non-hydrogen) atoms. The maximum Gasteiger partial charge on any atom is 0.117 e. The summed E-state index contributed by atoms with van der Waals surface area (Å²) in [5, 5.41) is 12.6. The van der Waals surface area contributed by atoms with Crippen molar-refractivity contribution in [2.24, 2.45) is 5.92 Å². The smallest absolute Gasteiger partial charge is 0.117 e. The summed E-state index contributed by atoms with van der Waals surface area (Å²) in [4.78, 5) is 0. The van der Waals surface area contributed by atoms with Gasteiger partial charge in [0.25, 0.3) is 0 Å². The van der Waals surface area contributed by atoms with E-state index >= 15 is 0 Å². The van der Waals surface area contributed by atoms with E-state index in [-0.39, 0.29) is 6.04 Å². The van der Waals surface area contributed by atoms with Crippen molar-refractivity contribution in [2.75, 3.05) is 5.32 Å². The predicted molar refractivity (Wildman–Crippen MR) is 73.7 cm³/mol. The van der Waals surface area contributed by atoms with E-state index in [1.165, 1.54) is 32.1 Å². The highest BCUT2D eigenvalue weighted by molar-refractivity contribution is 9.10. The molecule has 1 aromatic rings. The van der Waals surface area contributed by atoms with Crippen LogP contribution >= 0.6 is 15.9 Å². The Balaban J connectivity index is 1.99. The maximum absolute atomic E-state index is 9.27. The van der Waals surface area contributed by atoms with Crippen LogP contribution in [0.1, 0.15) is 32.1 Å². The van der Waals surface area contributed by atoms with Gasteiger partial charge in [-0.05, 0) is 43.0 Å². The molecule has 1 saturated carbocycles. The number of anilines is 1. The lowest BCUT2D eigenvalue weighted by atomic mass is 9.84. The molecule has 0 radical (unpaired) electrons. The van der Waals surface area contributed by atoms with Crippen LogP contribution in [0.15, 0.2) is 28.7 Å². The number of rotatable bonds is 3. The monoisotopic (exact) mass is 292 g/mol. The first-order valence-electron chi connectivity index (χ1n) is 6.21. The Labute approximate surface area is 111 Å². The molecule has 0 spiro atoms. The van der Waals surface area contributed by atoms with Crippen molar-refractivity contribution in [3.05, 3.63) is 28.7 Å². The van der Waals surface area contributed by atoms with Crippen LogP contribution in [0.5, 0.6) is 0 Å². The number of halogens is 1. The third-order valence-corrected chi connectivity index (χ3v) is 3.96. The molecule has 90 valence electrons. The molecule has 3 heteroatoms. The number of hydrogen-bond acceptors (Lipinski definition) is 2. The summed E-state index contributed by atoms with van der Waals surface area (Å²) < 4.78 is 1.06. The van der Waals surface area contributed by atoms with Crippen LogP contribution in [0.2, 0.25) is 0 Å². The van der Waals surface area contributed by atoms with Gasteiger partial charge in [-0.2, -0.15) is 5.26 Å². The minimum Gasteiger partial charge on any atom is -0.370 e. The number of benzene rings is 1. The molecule has 1 unspecified atom stereocenters. The molecule has 0 aliphatic heterocycles. The van der Waals surface area contributed by atoms with Crippen LogP contribution in [0.3, 0.4) is 0 Å². The summed E-state index contributed by atoms with van der Waals surface area (Å²) in [5.74, 6) is 0.511. The van der Waals surface area contributed by atoms with Gasteiger partial charge in [-0.15, -0.1) is 0 Å². The Morgan fingerprint density at radius 2 is 1.82 bits per heavy atom. The van der Waals surface area contributed by atoms with Crippen LogP contribution in [0.25, 0.3) is 0 Å². The normalized spacial score (nSPS) is 18.4. The second-order valence-electron chi connectivity index (χ2n) is 4.66. The third kappa shape index (κ3) is 3.47. The Kier molecular flexibility index (Phi) is 4.44. The molecule has 2 rings (SSSR count). The summed E-state index contributed by atoms with van der Waals surface area (Å²) in [6.07, 6.45) is 6.23. The third-order valence-electron chi connectivity index (χ3n) is 3.43. The first-order chi connectivity index (χ1) is 8.29. The van der Waals surface area contributed by atoms with Gasteiger partial charge in [-0.25, -0.2) is 0 Å². The molecule has 1 aliphatic carbocycles. The summed E-state index contributed by atoms with van der Waals surface area (Å²) in [6, 6.07) is 10.4. The summed E-state index contributed by atoms with van der Waals surface area (Å²) in [6.45, 7) is 0. The van der Waals surface area contributed by atoms with E-state index in [0.717, 1.165) is 10.2 Å². The van der Waals surface area contributed by atoms with Gasteiger partial charge in [0.05, 0.1) is 6.07 Å². The molecule has 1 aliphatic rings. The molecule has 0 bridgehead atoms. The molecule has 0 heterocycles. The van der Waals surface area contributed by atoms with Crippen molar-refractivity contribution in [3.63, 3.8) is 0 Å². The van der Waals surface area contributed by atoms with Gasteiger partial charge in [0.1, 0.15) is 6.04 Å². The minimum absolute atomic E-state index is 0.0449. The molecule has 2 nitrogen and oxygen atoms in total. The topological polar surface area (TPSA) is 35.8 Å². The highest BCUT2D eigenvalue weighted by Crippen LogP contribution is 2.28. The van der Waals surface area contributed by atoms with E-state index in [9.17, 15) is 5.26 Å². The minimum atomic E-state index is -0.0449. The fraction of sp³-hybridized carbons (Fsp3) is 0.500. The Morgan fingerprint density at radius 1 is 1.18 bits per heavy atom. The summed E-state index contributed by atoms with van der Waals surface area (Å²) in [7, 11) is 0. The Hall–Kier alpha value is -1.01. The second-order valence-corrected chi connectivity index (χ2v) is 5.57. The molecule has 1 atom stereocenters. The van der Waals surface area contributed by atoms with E-state index in [4.69, 9.17) is 0 Å². The van der Waals surface area contributed by atoms with Crippen LogP contribution in [-0.2, 0) is 0 Å². The molecule has 0 saturated heterocycles. The lowest BCUT2D eigenvalue weighted by Crippen LogP contribution is -2.29. The van der Waals surface area contributed by atoms with E-state index in [1.807, 2.05) is 24.3 Å². The van der Waals surface area contributed by atoms with E-state index < -0.39 is 0 Å². The lowest BCUT2D eigenvalue weighted by Gasteiger charge is -2.27. The fourth-order valence-corrected chi connectivity index (χ4v) is 2.71. The standard InChI is InChI=1S/C14H17BrN2/c15-12-6-8-13(9-7-12)17-14(10-16)11-4-2-1-3-5-11/h6-9,11,14,17H,1-5H2. The predicted octanol–water partition coefficient (Wildman–Crippen LogP) is 4.33. The number of hydrogen-bond donors (Lipinski definition) is 1. The average molecular weight is 293 g/mol. The summed E-state index contributed by atoms with van der Waals surface area (Å²) in [5.41, 5.74) is 1.03. The Bertz CT molecular complexity index is 388. The molecule has 1 aromatic carbocycles.